The Labute approximate surface area is 139 Å². The zero-order valence-corrected chi connectivity index (χ0v) is 14.3. The molecule has 0 radical (unpaired) electrons. The first-order valence-electron chi connectivity index (χ1n) is 6.63. The predicted molar refractivity (Wildman–Crippen MR) is 88.8 cm³/mol. The Bertz CT molecular complexity index is 434. The highest BCUT2D eigenvalue weighted by Crippen LogP contribution is 2.23. The van der Waals surface area contributed by atoms with Crippen LogP contribution in [0.25, 0.3) is 0 Å². The van der Waals surface area contributed by atoms with E-state index in [1.165, 1.54) is 0 Å². The largest absolute Gasteiger partial charge is 0.490 e. The Hall–Kier alpha value is -0.820. The first kappa shape index (κ1) is 20.2. The summed E-state index contributed by atoms with van der Waals surface area (Å²) >= 11 is 3.35. The van der Waals surface area contributed by atoms with Gasteiger partial charge in [-0.05, 0) is 34.5 Å². The molecule has 0 aliphatic rings. The summed E-state index contributed by atoms with van der Waals surface area (Å²) in [4.78, 5) is 11.6. The minimum atomic E-state index is -0.778. The van der Waals surface area contributed by atoms with Gasteiger partial charge >= 0.3 is 0 Å². The van der Waals surface area contributed by atoms with Crippen molar-refractivity contribution in [3.8, 4) is 5.75 Å². The molecule has 120 valence electrons. The SMILES string of the molecule is CCCC(N)C(=O)NCC(O)COc1ccccc1Br.Cl. The summed E-state index contributed by atoms with van der Waals surface area (Å²) in [7, 11) is 0. The van der Waals surface area contributed by atoms with Gasteiger partial charge < -0.3 is 20.9 Å². The lowest BCUT2D eigenvalue weighted by Crippen LogP contribution is -2.44. The van der Waals surface area contributed by atoms with Crippen LogP contribution in [0, 0.1) is 0 Å². The van der Waals surface area contributed by atoms with Crippen molar-refractivity contribution >= 4 is 34.2 Å². The van der Waals surface area contributed by atoms with Crippen molar-refractivity contribution in [2.75, 3.05) is 13.2 Å². The molecule has 0 saturated heterocycles. The van der Waals surface area contributed by atoms with Gasteiger partial charge in [0.1, 0.15) is 18.5 Å². The predicted octanol–water partition coefficient (Wildman–Crippen LogP) is 1.85. The van der Waals surface area contributed by atoms with Gasteiger partial charge in [-0.2, -0.15) is 0 Å². The number of hydrogen-bond acceptors (Lipinski definition) is 4. The maximum absolute atomic E-state index is 11.6. The molecule has 1 aromatic carbocycles. The highest BCUT2D eigenvalue weighted by Gasteiger charge is 2.14. The van der Waals surface area contributed by atoms with Crippen molar-refractivity contribution in [1.29, 1.82) is 0 Å². The minimum absolute atomic E-state index is 0. The normalized spacial score (nSPS) is 13.0. The van der Waals surface area contributed by atoms with Gasteiger partial charge in [-0.25, -0.2) is 0 Å². The molecule has 7 heteroatoms. The number of aliphatic hydroxyl groups is 1. The molecular formula is C14H22BrClN2O3. The standard InChI is InChI=1S/C14H21BrN2O3.ClH/c1-2-5-12(16)14(19)17-8-10(18)9-20-13-7-4-3-6-11(13)15;/h3-4,6-7,10,12,18H,2,5,8-9,16H2,1H3,(H,17,19);1H. The lowest BCUT2D eigenvalue weighted by Gasteiger charge is -2.16. The van der Waals surface area contributed by atoms with Crippen molar-refractivity contribution < 1.29 is 14.6 Å². The van der Waals surface area contributed by atoms with Crippen LogP contribution >= 0.6 is 28.3 Å². The topological polar surface area (TPSA) is 84.6 Å². The van der Waals surface area contributed by atoms with E-state index < -0.39 is 12.1 Å². The second-order valence-electron chi connectivity index (χ2n) is 4.54. The smallest absolute Gasteiger partial charge is 0.237 e. The van der Waals surface area contributed by atoms with E-state index in [9.17, 15) is 9.90 Å². The highest BCUT2D eigenvalue weighted by atomic mass is 79.9. The number of ether oxygens (including phenoxy) is 1. The third-order valence-corrected chi connectivity index (χ3v) is 3.37. The van der Waals surface area contributed by atoms with Crippen molar-refractivity contribution in [1.82, 2.24) is 5.32 Å². The molecule has 0 aliphatic carbocycles. The maximum Gasteiger partial charge on any atom is 0.237 e. The summed E-state index contributed by atoms with van der Waals surface area (Å²) in [6.07, 6.45) is 0.706. The van der Waals surface area contributed by atoms with Crippen LogP contribution in [0.1, 0.15) is 19.8 Å². The Morgan fingerprint density at radius 3 is 2.76 bits per heavy atom. The summed E-state index contributed by atoms with van der Waals surface area (Å²) in [5.74, 6) is 0.410. The van der Waals surface area contributed by atoms with E-state index in [1.807, 2.05) is 25.1 Å². The first-order chi connectivity index (χ1) is 9.54. The van der Waals surface area contributed by atoms with E-state index in [-0.39, 0.29) is 31.5 Å². The quantitative estimate of drug-likeness (QED) is 0.641. The van der Waals surface area contributed by atoms with Crippen molar-refractivity contribution in [2.24, 2.45) is 5.73 Å². The fourth-order valence-corrected chi connectivity index (χ4v) is 2.00. The first-order valence-corrected chi connectivity index (χ1v) is 7.42. The third-order valence-electron chi connectivity index (χ3n) is 2.72. The second kappa shape index (κ2) is 10.8. The molecule has 5 nitrogen and oxygen atoms in total. The van der Waals surface area contributed by atoms with Crippen LogP contribution in [0.5, 0.6) is 5.75 Å². The molecule has 0 saturated carbocycles. The van der Waals surface area contributed by atoms with Gasteiger partial charge in [-0.1, -0.05) is 25.5 Å². The van der Waals surface area contributed by atoms with Crippen molar-refractivity contribution in [2.45, 2.75) is 31.9 Å². The number of amides is 1. The molecule has 4 N–H and O–H groups in total. The van der Waals surface area contributed by atoms with Gasteiger partial charge in [0.2, 0.25) is 5.91 Å². The average molecular weight is 382 g/mol. The molecular weight excluding hydrogens is 360 g/mol. The van der Waals surface area contributed by atoms with Crippen LogP contribution in [-0.4, -0.2) is 36.3 Å². The summed E-state index contributed by atoms with van der Waals surface area (Å²) in [6, 6.07) is 6.86. The fourth-order valence-electron chi connectivity index (χ4n) is 1.60. The van der Waals surface area contributed by atoms with E-state index in [1.54, 1.807) is 6.07 Å². The number of nitrogens with two attached hydrogens (primary N) is 1. The number of benzene rings is 1. The highest BCUT2D eigenvalue weighted by molar-refractivity contribution is 9.10. The summed E-state index contributed by atoms with van der Waals surface area (Å²) < 4.78 is 6.28. The van der Waals surface area contributed by atoms with Crippen molar-refractivity contribution in [3.63, 3.8) is 0 Å². The van der Waals surface area contributed by atoms with Crippen LogP contribution < -0.4 is 15.8 Å². The van der Waals surface area contributed by atoms with Crippen LogP contribution in [-0.2, 0) is 4.79 Å². The number of para-hydroxylation sites is 1. The van der Waals surface area contributed by atoms with E-state index in [0.717, 1.165) is 10.9 Å². The molecule has 0 aliphatic heterocycles. The number of carbonyl (C=O) groups excluding carboxylic acids is 1. The number of aliphatic hydroxyl groups excluding tert-OH is 1. The summed E-state index contributed by atoms with van der Waals surface area (Å²) in [5, 5.41) is 12.4. The molecule has 0 spiro atoms. The molecule has 1 aromatic rings. The fraction of sp³-hybridized carbons (Fsp3) is 0.500. The Balaban J connectivity index is 0.00000400. The van der Waals surface area contributed by atoms with E-state index in [2.05, 4.69) is 21.2 Å². The number of nitrogens with one attached hydrogen (secondary N) is 1. The van der Waals surface area contributed by atoms with Crippen LogP contribution in [0.4, 0.5) is 0 Å². The van der Waals surface area contributed by atoms with Crippen LogP contribution in [0.2, 0.25) is 0 Å². The minimum Gasteiger partial charge on any atom is -0.490 e. The molecule has 1 rings (SSSR count). The Morgan fingerprint density at radius 1 is 1.48 bits per heavy atom. The molecule has 0 bridgehead atoms. The molecule has 0 heterocycles. The molecule has 2 unspecified atom stereocenters. The van der Waals surface area contributed by atoms with Crippen LogP contribution in [0.3, 0.4) is 0 Å². The zero-order valence-electron chi connectivity index (χ0n) is 11.9. The lowest BCUT2D eigenvalue weighted by atomic mass is 10.1. The summed E-state index contributed by atoms with van der Waals surface area (Å²) in [5.41, 5.74) is 5.67. The maximum atomic E-state index is 11.6. The van der Waals surface area contributed by atoms with Gasteiger partial charge in [0.15, 0.2) is 0 Å². The number of halogens is 2. The molecule has 21 heavy (non-hydrogen) atoms. The lowest BCUT2D eigenvalue weighted by molar-refractivity contribution is -0.123. The number of carbonyl (C=O) groups is 1. The molecule has 0 fully saturated rings. The van der Waals surface area contributed by atoms with E-state index in [0.29, 0.717) is 12.2 Å². The Morgan fingerprint density at radius 2 is 2.14 bits per heavy atom. The van der Waals surface area contributed by atoms with E-state index in [4.69, 9.17) is 10.5 Å². The van der Waals surface area contributed by atoms with Gasteiger partial charge in [-0.3, -0.25) is 4.79 Å². The second-order valence-corrected chi connectivity index (χ2v) is 5.39. The van der Waals surface area contributed by atoms with Gasteiger partial charge in [0.25, 0.3) is 0 Å². The van der Waals surface area contributed by atoms with Gasteiger partial charge in [0, 0.05) is 6.54 Å². The van der Waals surface area contributed by atoms with Gasteiger partial charge in [0.05, 0.1) is 10.5 Å². The third kappa shape index (κ3) is 7.66. The molecule has 0 aromatic heterocycles. The number of hydrogen-bond donors (Lipinski definition) is 3. The Kier molecular flexibility index (Phi) is 10.4. The van der Waals surface area contributed by atoms with Crippen LogP contribution in [0.15, 0.2) is 28.7 Å². The molecule has 1 amide bonds. The van der Waals surface area contributed by atoms with Gasteiger partial charge in [-0.15, -0.1) is 12.4 Å². The number of rotatable bonds is 8. The van der Waals surface area contributed by atoms with Crippen molar-refractivity contribution in [3.05, 3.63) is 28.7 Å². The van der Waals surface area contributed by atoms with E-state index >= 15 is 0 Å². The summed E-state index contributed by atoms with van der Waals surface area (Å²) in [6.45, 7) is 2.19. The average Bonchev–Trinajstić information content (AvgIpc) is 2.44. The monoisotopic (exact) mass is 380 g/mol. The molecule has 2 atom stereocenters. The zero-order chi connectivity index (χ0) is 15.0.